The topological polar surface area (TPSA) is 35.5 Å². The third-order valence-electron chi connectivity index (χ3n) is 7.05. The molecule has 0 aromatic rings. The van der Waals surface area contributed by atoms with Crippen molar-refractivity contribution in [1.82, 2.24) is 0 Å². The molecule has 0 aromatic heterocycles. The molecule has 2 aliphatic rings. The van der Waals surface area contributed by atoms with Gasteiger partial charge in [-0.1, -0.05) is 34.1 Å². The van der Waals surface area contributed by atoms with E-state index in [2.05, 4.69) is 41.8 Å². The first-order chi connectivity index (χ1) is 11.1. The maximum absolute atomic E-state index is 11.9. The van der Waals surface area contributed by atoms with Gasteiger partial charge in [0, 0.05) is 0 Å². The lowest BCUT2D eigenvalue weighted by Gasteiger charge is -2.39. The number of carbonyl (C=O) groups excluding carboxylic acids is 1. The zero-order valence-electron chi connectivity index (χ0n) is 16.7. The maximum atomic E-state index is 11.9. The molecule has 2 bridgehead atoms. The Morgan fingerprint density at radius 1 is 1.21 bits per heavy atom. The fourth-order valence-electron chi connectivity index (χ4n) is 4.63. The lowest BCUT2D eigenvalue weighted by Crippen LogP contribution is -2.47. The van der Waals surface area contributed by atoms with Crippen molar-refractivity contribution in [3.8, 4) is 0 Å². The van der Waals surface area contributed by atoms with E-state index < -0.39 is 0 Å². The van der Waals surface area contributed by atoms with Crippen LogP contribution >= 0.6 is 0 Å². The first-order valence-corrected chi connectivity index (χ1v) is 9.71. The number of esters is 1. The van der Waals surface area contributed by atoms with Crippen molar-refractivity contribution in [2.75, 3.05) is 40.4 Å². The van der Waals surface area contributed by atoms with Gasteiger partial charge < -0.3 is 14.0 Å². The van der Waals surface area contributed by atoms with Crippen molar-refractivity contribution in [1.29, 1.82) is 0 Å². The maximum Gasteiger partial charge on any atom is 0.361 e. The van der Waals surface area contributed by atoms with Crippen LogP contribution in [0.3, 0.4) is 0 Å². The van der Waals surface area contributed by atoms with Crippen LogP contribution in [-0.2, 0) is 14.3 Å². The Morgan fingerprint density at radius 2 is 1.92 bits per heavy atom. The minimum Gasteiger partial charge on any atom is -0.462 e. The summed E-state index contributed by atoms with van der Waals surface area (Å²) < 4.78 is 12.2. The van der Waals surface area contributed by atoms with E-state index in [0.717, 1.165) is 31.9 Å². The van der Waals surface area contributed by atoms with Gasteiger partial charge >= 0.3 is 5.97 Å². The summed E-state index contributed by atoms with van der Waals surface area (Å²) in [5.41, 5.74) is 0.707. The molecule has 0 N–H and O–H groups in total. The minimum atomic E-state index is -0.0959. The third-order valence-corrected chi connectivity index (χ3v) is 7.05. The van der Waals surface area contributed by atoms with E-state index in [1.165, 1.54) is 19.3 Å². The van der Waals surface area contributed by atoms with Crippen LogP contribution in [0.1, 0.15) is 59.8 Å². The van der Waals surface area contributed by atoms with Gasteiger partial charge in [-0.3, -0.25) is 0 Å². The Bertz CT molecular complexity index is 446. The summed E-state index contributed by atoms with van der Waals surface area (Å²) >= 11 is 0. The van der Waals surface area contributed by atoms with E-state index in [1.54, 1.807) is 0 Å². The van der Waals surface area contributed by atoms with Crippen LogP contribution in [0.15, 0.2) is 0 Å². The van der Waals surface area contributed by atoms with Gasteiger partial charge in [-0.15, -0.1) is 0 Å². The normalized spacial score (nSPS) is 31.4. The van der Waals surface area contributed by atoms with E-state index in [4.69, 9.17) is 9.47 Å². The van der Waals surface area contributed by atoms with E-state index in [-0.39, 0.29) is 5.97 Å². The Balaban J connectivity index is 1.74. The number of unbranched alkanes of at least 4 members (excludes halogenated alkanes) is 1. The summed E-state index contributed by atoms with van der Waals surface area (Å²) in [6, 6.07) is 0. The van der Waals surface area contributed by atoms with Crippen molar-refractivity contribution in [2.24, 2.45) is 16.7 Å². The number of ether oxygens (including phenoxy) is 2. The Labute approximate surface area is 148 Å². The molecule has 0 spiro atoms. The van der Waals surface area contributed by atoms with E-state index in [1.807, 2.05) is 0 Å². The summed E-state index contributed by atoms with van der Waals surface area (Å²) in [4.78, 5) is 11.9. The molecule has 3 atom stereocenters. The molecule has 0 amide bonds. The van der Waals surface area contributed by atoms with Crippen molar-refractivity contribution >= 4 is 5.97 Å². The van der Waals surface area contributed by atoms with Crippen LogP contribution in [-0.4, -0.2) is 57.0 Å². The molecule has 0 aliphatic heterocycles. The number of hydrogen-bond donors (Lipinski definition) is 0. The summed E-state index contributed by atoms with van der Waals surface area (Å²) in [6.07, 6.45) is 6.22. The van der Waals surface area contributed by atoms with Gasteiger partial charge in [0.25, 0.3) is 0 Å². The first-order valence-electron chi connectivity index (χ1n) is 9.71. The quantitative estimate of drug-likeness (QED) is 0.365. The highest BCUT2D eigenvalue weighted by atomic mass is 16.5. The van der Waals surface area contributed by atoms with Gasteiger partial charge in [0.05, 0.1) is 33.4 Å². The third kappa shape index (κ3) is 3.96. The predicted octanol–water partition coefficient (Wildman–Crippen LogP) is 3.64. The highest BCUT2D eigenvalue weighted by Crippen LogP contribution is 2.66. The fourth-order valence-corrected chi connectivity index (χ4v) is 4.63. The summed E-state index contributed by atoms with van der Waals surface area (Å²) in [6.45, 7) is 11.9. The van der Waals surface area contributed by atoms with Crippen molar-refractivity contribution in [3.63, 3.8) is 0 Å². The molecule has 0 saturated heterocycles. The van der Waals surface area contributed by atoms with Crippen LogP contribution in [0.4, 0.5) is 0 Å². The van der Waals surface area contributed by atoms with E-state index in [0.29, 0.717) is 34.6 Å². The Kier molecular flexibility index (Phi) is 6.02. The lowest BCUT2D eigenvalue weighted by atomic mass is 9.70. The second-order valence-electron chi connectivity index (χ2n) is 9.36. The molecule has 2 rings (SSSR count). The van der Waals surface area contributed by atoms with Crippen LogP contribution in [0, 0.1) is 16.7 Å². The van der Waals surface area contributed by atoms with Crippen LogP contribution in [0.25, 0.3) is 0 Å². The van der Waals surface area contributed by atoms with Crippen LogP contribution in [0.2, 0.25) is 0 Å². The molecule has 4 heteroatoms. The fraction of sp³-hybridized carbons (Fsp3) is 0.950. The number of rotatable bonds is 9. The number of nitrogens with zero attached hydrogens (tertiary/aromatic N) is 1. The van der Waals surface area contributed by atoms with Crippen molar-refractivity contribution < 1.29 is 18.8 Å². The zero-order chi connectivity index (χ0) is 18.0. The summed E-state index contributed by atoms with van der Waals surface area (Å²) in [5.74, 6) is 0.713. The average molecular weight is 341 g/mol. The van der Waals surface area contributed by atoms with Crippen molar-refractivity contribution in [2.45, 2.75) is 65.9 Å². The SMILES string of the molecule is CCCCOC(=O)C[N+](C)(C)CCO[C@@H]1C[C@@H]2CC[C@]1(C)C2(C)C. The zero-order valence-corrected chi connectivity index (χ0v) is 16.7. The van der Waals surface area contributed by atoms with Gasteiger partial charge in [0.15, 0.2) is 6.54 Å². The number of hydrogen-bond acceptors (Lipinski definition) is 3. The molecular weight excluding hydrogens is 302 g/mol. The molecule has 2 fully saturated rings. The van der Waals surface area contributed by atoms with Crippen molar-refractivity contribution in [3.05, 3.63) is 0 Å². The summed E-state index contributed by atoms with van der Waals surface area (Å²) in [7, 11) is 4.16. The van der Waals surface area contributed by atoms with Gasteiger partial charge in [-0.05, 0) is 42.4 Å². The number of likely N-dealkylation sites (N-methyl/N-ethyl adjacent to an activating group) is 1. The number of quaternary nitrogens is 1. The molecule has 0 aromatic carbocycles. The molecule has 0 heterocycles. The van der Waals surface area contributed by atoms with Crippen LogP contribution in [0.5, 0.6) is 0 Å². The standard InChI is InChI=1S/C20H38NO3/c1-7-8-12-24-18(22)15-21(5,6)11-13-23-17-14-16-9-10-20(17,4)19(16,2)3/h16-17H,7-15H2,1-6H3/q+1/t16-,17+,20-/m0/s1. The van der Waals surface area contributed by atoms with Crippen LogP contribution < -0.4 is 0 Å². The molecule has 2 saturated carbocycles. The van der Waals surface area contributed by atoms with E-state index in [9.17, 15) is 4.79 Å². The smallest absolute Gasteiger partial charge is 0.361 e. The molecule has 140 valence electrons. The first kappa shape index (κ1) is 19.7. The Morgan fingerprint density at radius 3 is 2.46 bits per heavy atom. The van der Waals surface area contributed by atoms with Gasteiger partial charge in [-0.25, -0.2) is 4.79 Å². The van der Waals surface area contributed by atoms with E-state index >= 15 is 0 Å². The monoisotopic (exact) mass is 340 g/mol. The van der Waals surface area contributed by atoms with Gasteiger partial charge in [0.2, 0.25) is 0 Å². The number of carbonyl (C=O) groups is 1. The number of fused-ring (bicyclic) bond motifs is 2. The molecular formula is C20H38NO3+. The predicted molar refractivity (Wildman–Crippen MR) is 96.7 cm³/mol. The Hall–Kier alpha value is -0.610. The molecule has 0 radical (unpaired) electrons. The second kappa shape index (κ2) is 7.33. The lowest BCUT2D eigenvalue weighted by molar-refractivity contribution is -0.883. The largest absolute Gasteiger partial charge is 0.462 e. The molecule has 4 nitrogen and oxygen atoms in total. The highest BCUT2D eigenvalue weighted by molar-refractivity contribution is 5.70. The summed E-state index contributed by atoms with van der Waals surface area (Å²) in [5, 5.41) is 0. The average Bonchev–Trinajstić information content (AvgIpc) is 2.80. The molecule has 24 heavy (non-hydrogen) atoms. The van der Waals surface area contributed by atoms with Gasteiger partial charge in [0.1, 0.15) is 6.54 Å². The second-order valence-corrected chi connectivity index (χ2v) is 9.36. The molecule has 0 unspecified atom stereocenters. The minimum absolute atomic E-state index is 0.0959. The highest BCUT2D eigenvalue weighted by Gasteiger charge is 2.61. The van der Waals surface area contributed by atoms with Gasteiger partial charge in [-0.2, -0.15) is 0 Å². The molecule has 2 aliphatic carbocycles.